The molecule has 7 nitrogen and oxygen atoms in total. The maximum atomic E-state index is 14.3. The molecule has 3 N–H and O–H groups in total. The summed E-state index contributed by atoms with van der Waals surface area (Å²) < 4.78 is 14.3. The second-order valence-corrected chi connectivity index (χ2v) is 7.76. The number of hydrazine groups is 1. The summed E-state index contributed by atoms with van der Waals surface area (Å²) in [4.78, 5) is 33.9. The molecule has 0 aliphatic carbocycles. The molecule has 28 heavy (non-hydrogen) atoms. The third-order valence-corrected chi connectivity index (χ3v) is 5.63. The molecule has 2 aliphatic rings. The van der Waals surface area contributed by atoms with Crippen molar-refractivity contribution in [3.8, 4) is 0 Å². The van der Waals surface area contributed by atoms with Crippen LogP contribution in [0.25, 0.3) is 0 Å². The molecule has 0 radical (unpaired) electrons. The highest BCUT2D eigenvalue weighted by Gasteiger charge is 2.42. The Bertz CT molecular complexity index is 944. The first-order chi connectivity index (χ1) is 13.5. The van der Waals surface area contributed by atoms with Crippen molar-refractivity contribution in [2.24, 2.45) is 5.92 Å². The van der Waals surface area contributed by atoms with E-state index in [1.54, 1.807) is 23.1 Å². The molecule has 2 aromatic rings. The number of fused-ring (bicyclic) bond motifs is 1. The predicted octanol–water partition coefficient (Wildman–Crippen LogP) is 1.71. The van der Waals surface area contributed by atoms with Gasteiger partial charge in [0.25, 0.3) is 11.5 Å². The van der Waals surface area contributed by atoms with E-state index < -0.39 is 5.56 Å². The predicted molar refractivity (Wildman–Crippen MR) is 102 cm³/mol. The highest BCUT2D eigenvalue weighted by Crippen LogP contribution is 2.34. The first-order valence-corrected chi connectivity index (χ1v) is 9.59. The number of nitrogens with zero attached hydrogens (tertiary/aromatic N) is 2. The van der Waals surface area contributed by atoms with E-state index in [1.165, 1.54) is 12.3 Å². The van der Waals surface area contributed by atoms with Gasteiger partial charge in [-0.3, -0.25) is 15.0 Å². The van der Waals surface area contributed by atoms with Crippen LogP contribution in [0.4, 0.5) is 4.39 Å². The van der Waals surface area contributed by atoms with Crippen LogP contribution >= 0.6 is 0 Å². The molecule has 2 saturated heterocycles. The molecule has 3 heterocycles. The van der Waals surface area contributed by atoms with E-state index >= 15 is 0 Å². The molecular weight excluding hydrogens is 361 g/mol. The standard InChI is InChI=1S/C20H24FN5O2/c1-11(2)18-22-9-13(19(27)23-18)20(28)26-8-7-16-14(10-26)17(25-24-16)12-5-3-4-6-15(12)21/h3-6,9,11,14,16-17,24-25H,7-8,10H2,1-2H3,(H,22,23,27). The third-order valence-electron chi connectivity index (χ3n) is 5.63. The van der Waals surface area contributed by atoms with E-state index in [2.05, 4.69) is 20.8 Å². The molecule has 148 valence electrons. The smallest absolute Gasteiger partial charge is 0.263 e. The summed E-state index contributed by atoms with van der Waals surface area (Å²) in [6.45, 7) is 4.82. The quantitative estimate of drug-likeness (QED) is 0.748. The Morgan fingerprint density at radius 2 is 2.07 bits per heavy atom. The van der Waals surface area contributed by atoms with Crippen molar-refractivity contribution in [2.45, 2.75) is 38.3 Å². The Morgan fingerprint density at radius 3 is 2.79 bits per heavy atom. The summed E-state index contributed by atoms with van der Waals surface area (Å²) in [5.74, 6) is 0.0444. The van der Waals surface area contributed by atoms with E-state index in [-0.39, 0.29) is 41.2 Å². The van der Waals surface area contributed by atoms with Crippen molar-refractivity contribution >= 4 is 5.91 Å². The van der Waals surface area contributed by atoms with Gasteiger partial charge in [-0.25, -0.2) is 14.8 Å². The zero-order valence-electron chi connectivity index (χ0n) is 15.9. The maximum absolute atomic E-state index is 14.3. The Morgan fingerprint density at radius 1 is 1.29 bits per heavy atom. The summed E-state index contributed by atoms with van der Waals surface area (Å²) in [6, 6.07) is 6.58. The number of likely N-dealkylation sites (tertiary alicyclic amines) is 1. The third kappa shape index (κ3) is 3.33. The second-order valence-electron chi connectivity index (χ2n) is 7.76. The van der Waals surface area contributed by atoms with E-state index in [0.717, 1.165) is 6.42 Å². The van der Waals surface area contributed by atoms with Crippen LogP contribution in [0.1, 0.15) is 54.0 Å². The fourth-order valence-electron chi connectivity index (χ4n) is 4.05. The molecule has 4 rings (SSSR count). The SMILES string of the molecule is CC(C)c1ncc(C(=O)N2CCC3NNC(c4ccccc4F)C3C2)c(=O)[nH]1. The largest absolute Gasteiger partial charge is 0.338 e. The van der Waals surface area contributed by atoms with Gasteiger partial charge in [0.05, 0.1) is 6.04 Å². The molecule has 1 aromatic carbocycles. The Kier molecular flexibility index (Phi) is 4.99. The lowest BCUT2D eigenvalue weighted by Crippen LogP contribution is -2.48. The monoisotopic (exact) mass is 385 g/mol. The number of aromatic nitrogens is 2. The average molecular weight is 385 g/mol. The highest BCUT2D eigenvalue weighted by molar-refractivity contribution is 5.93. The lowest BCUT2D eigenvalue weighted by molar-refractivity contribution is 0.0649. The summed E-state index contributed by atoms with van der Waals surface area (Å²) >= 11 is 0. The van der Waals surface area contributed by atoms with Crippen molar-refractivity contribution in [3.63, 3.8) is 0 Å². The van der Waals surface area contributed by atoms with Gasteiger partial charge in [-0.05, 0) is 12.5 Å². The van der Waals surface area contributed by atoms with Crippen molar-refractivity contribution in [2.75, 3.05) is 13.1 Å². The summed E-state index contributed by atoms with van der Waals surface area (Å²) in [7, 11) is 0. The van der Waals surface area contributed by atoms with Gasteiger partial charge < -0.3 is 9.88 Å². The van der Waals surface area contributed by atoms with Crippen LogP contribution in [-0.4, -0.2) is 39.9 Å². The molecule has 0 saturated carbocycles. The Labute approximate surface area is 162 Å². The molecule has 1 amide bonds. The zero-order valence-corrected chi connectivity index (χ0v) is 15.9. The summed E-state index contributed by atoms with van der Waals surface area (Å²) in [5.41, 5.74) is 6.62. The summed E-state index contributed by atoms with van der Waals surface area (Å²) in [5, 5.41) is 0. The molecule has 0 spiro atoms. The highest BCUT2D eigenvalue weighted by atomic mass is 19.1. The molecule has 3 atom stereocenters. The molecule has 3 unspecified atom stereocenters. The van der Waals surface area contributed by atoms with E-state index in [1.807, 2.05) is 13.8 Å². The van der Waals surface area contributed by atoms with Crippen LogP contribution < -0.4 is 16.4 Å². The Hall–Kier alpha value is -2.58. The van der Waals surface area contributed by atoms with Crippen LogP contribution in [0.5, 0.6) is 0 Å². The van der Waals surface area contributed by atoms with Crippen molar-refractivity contribution in [1.82, 2.24) is 25.7 Å². The minimum absolute atomic E-state index is 0.0107. The van der Waals surface area contributed by atoms with Gasteiger partial charge in [-0.1, -0.05) is 32.0 Å². The fourth-order valence-corrected chi connectivity index (χ4v) is 4.05. The number of rotatable bonds is 3. The molecule has 2 fully saturated rings. The topological polar surface area (TPSA) is 90.1 Å². The number of piperidine rings is 1. The number of halogens is 1. The lowest BCUT2D eigenvalue weighted by Gasteiger charge is -2.36. The Balaban J connectivity index is 1.55. The van der Waals surface area contributed by atoms with Crippen LogP contribution in [0, 0.1) is 11.7 Å². The van der Waals surface area contributed by atoms with E-state index in [0.29, 0.717) is 24.5 Å². The van der Waals surface area contributed by atoms with Crippen LogP contribution in [-0.2, 0) is 0 Å². The summed E-state index contributed by atoms with van der Waals surface area (Å²) in [6.07, 6.45) is 2.09. The van der Waals surface area contributed by atoms with Gasteiger partial charge in [0.1, 0.15) is 17.2 Å². The minimum Gasteiger partial charge on any atom is -0.338 e. The van der Waals surface area contributed by atoms with E-state index in [4.69, 9.17) is 0 Å². The number of H-pyrrole nitrogens is 1. The molecule has 2 aliphatic heterocycles. The first-order valence-electron chi connectivity index (χ1n) is 9.59. The lowest BCUT2D eigenvalue weighted by atomic mass is 9.84. The minimum atomic E-state index is -0.417. The van der Waals surface area contributed by atoms with Gasteiger partial charge in [-0.2, -0.15) is 0 Å². The van der Waals surface area contributed by atoms with Crippen LogP contribution in [0.15, 0.2) is 35.3 Å². The van der Waals surface area contributed by atoms with Crippen molar-refractivity contribution < 1.29 is 9.18 Å². The van der Waals surface area contributed by atoms with Gasteiger partial charge in [0.2, 0.25) is 0 Å². The van der Waals surface area contributed by atoms with Crippen molar-refractivity contribution in [3.05, 3.63) is 63.6 Å². The number of hydrogen-bond donors (Lipinski definition) is 3. The maximum Gasteiger partial charge on any atom is 0.263 e. The van der Waals surface area contributed by atoms with Gasteiger partial charge >= 0.3 is 0 Å². The zero-order chi connectivity index (χ0) is 19.8. The van der Waals surface area contributed by atoms with Crippen molar-refractivity contribution in [1.29, 1.82) is 0 Å². The molecule has 8 heteroatoms. The number of benzene rings is 1. The number of carbonyl (C=O) groups excluding carboxylic acids is 1. The second kappa shape index (κ2) is 7.44. The number of nitrogens with one attached hydrogen (secondary N) is 3. The number of carbonyl (C=O) groups is 1. The normalized spacial score (nSPS) is 24.4. The van der Waals surface area contributed by atoms with E-state index in [9.17, 15) is 14.0 Å². The fraction of sp³-hybridized carbons (Fsp3) is 0.450. The van der Waals surface area contributed by atoms with Gasteiger partial charge in [-0.15, -0.1) is 0 Å². The van der Waals surface area contributed by atoms with Crippen LogP contribution in [0.2, 0.25) is 0 Å². The number of hydrogen-bond acceptors (Lipinski definition) is 5. The van der Waals surface area contributed by atoms with Crippen LogP contribution in [0.3, 0.4) is 0 Å². The molecule has 1 aromatic heterocycles. The van der Waals surface area contributed by atoms with Gasteiger partial charge in [0.15, 0.2) is 0 Å². The molecular formula is C20H24FN5O2. The number of aromatic amines is 1. The first kappa shape index (κ1) is 18.8. The van der Waals surface area contributed by atoms with Gasteiger partial charge in [0, 0.05) is 42.7 Å². The molecule has 0 bridgehead atoms. The number of amides is 1. The average Bonchev–Trinajstić information content (AvgIpc) is 3.10.